The van der Waals surface area contributed by atoms with E-state index in [0.29, 0.717) is 33.2 Å². The third-order valence-electron chi connectivity index (χ3n) is 3.78. The van der Waals surface area contributed by atoms with Gasteiger partial charge in [0.05, 0.1) is 10.0 Å². The molecule has 2 nitrogen and oxygen atoms in total. The summed E-state index contributed by atoms with van der Waals surface area (Å²) in [4.78, 5) is 0. The molecule has 0 aliphatic heterocycles. The molecular formula is C20H15Cl4NO. The summed E-state index contributed by atoms with van der Waals surface area (Å²) in [5, 5.41) is 5.56. The SMILES string of the molecule is Clc1ccc(NCc2ccc(OCc3c(Cl)cccc3Cl)cc2)cc1Cl. The van der Waals surface area contributed by atoms with E-state index in [1.54, 1.807) is 24.3 Å². The molecule has 0 aliphatic carbocycles. The second-order valence-corrected chi connectivity index (χ2v) is 7.24. The average Bonchev–Trinajstić information content (AvgIpc) is 2.63. The van der Waals surface area contributed by atoms with Gasteiger partial charge >= 0.3 is 0 Å². The number of anilines is 1. The van der Waals surface area contributed by atoms with Crippen molar-refractivity contribution in [2.24, 2.45) is 0 Å². The number of nitrogens with one attached hydrogen (secondary N) is 1. The molecule has 0 spiro atoms. The molecule has 0 saturated heterocycles. The van der Waals surface area contributed by atoms with Gasteiger partial charge in [-0.1, -0.05) is 64.6 Å². The number of ether oxygens (including phenoxy) is 1. The van der Waals surface area contributed by atoms with Crippen LogP contribution in [0.2, 0.25) is 20.1 Å². The second kappa shape index (κ2) is 8.88. The molecule has 0 bridgehead atoms. The van der Waals surface area contributed by atoms with Gasteiger partial charge in [0.2, 0.25) is 0 Å². The Morgan fingerprint density at radius 1 is 0.731 bits per heavy atom. The minimum absolute atomic E-state index is 0.319. The van der Waals surface area contributed by atoms with Crippen LogP contribution in [0.4, 0.5) is 5.69 Å². The summed E-state index contributed by atoms with van der Waals surface area (Å²) in [6.45, 7) is 0.980. The third-order valence-corrected chi connectivity index (χ3v) is 5.23. The van der Waals surface area contributed by atoms with Gasteiger partial charge in [-0.25, -0.2) is 0 Å². The lowest BCUT2D eigenvalue weighted by atomic mass is 10.2. The van der Waals surface area contributed by atoms with Gasteiger partial charge in [0.15, 0.2) is 0 Å². The lowest BCUT2D eigenvalue weighted by Crippen LogP contribution is -2.00. The van der Waals surface area contributed by atoms with Gasteiger partial charge < -0.3 is 10.1 Å². The van der Waals surface area contributed by atoms with E-state index < -0.39 is 0 Å². The molecule has 0 unspecified atom stereocenters. The minimum Gasteiger partial charge on any atom is -0.489 e. The Bertz CT molecular complexity index is 877. The number of halogens is 4. The first kappa shape index (κ1) is 19.2. The smallest absolute Gasteiger partial charge is 0.119 e. The van der Waals surface area contributed by atoms with Crippen LogP contribution in [0.5, 0.6) is 5.75 Å². The van der Waals surface area contributed by atoms with Crippen molar-refractivity contribution in [2.75, 3.05) is 5.32 Å². The molecule has 3 rings (SSSR count). The van der Waals surface area contributed by atoms with Crippen molar-refractivity contribution < 1.29 is 4.74 Å². The zero-order valence-corrected chi connectivity index (χ0v) is 16.6. The molecule has 0 aromatic heterocycles. The largest absolute Gasteiger partial charge is 0.489 e. The van der Waals surface area contributed by atoms with E-state index in [-0.39, 0.29) is 0 Å². The highest BCUT2D eigenvalue weighted by atomic mass is 35.5. The van der Waals surface area contributed by atoms with Gasteiger partial charge in [0.1, 0.15) is 12.4 Å². The van der Waals surface area contributed by atoms with E-state index in [1.807, 2.05) is 36.4 Å². The van der Waals surface area contributed by atoms with Crippen molar-refractivity contribution in [1.29, 1.82) is 0 Å². The number of benzene rings is 3. The third kappa shape index (κ3) is 4.99. The molecule has 0 fully saturated rings. The molecule has 3 aromatic carbocycles. The first-order valence-corrected chi connectivity index (χ1v) is 9.37. The van der Waals surface area contributed by atoms with Crippen molar-refractivity contribution in [3.8, 4) is 5.75 Å². The van der Waals surface area contributed by atoms with E-state index in [4.69, 9.17) is 51.1 Å². The lowest BCUT2D eigenvalue weighted by Gasteiger charge is -2.11. The lowest BCUT2D eigenvalue weighted by molar-refractivity contribution is 0.306. The summed E-state index contributed by atoms with van der Waals surface area (Å²) >= 11 is 24.2. The number of hydrogen-bond donors (Lipinski definition) is 1. The first-order chi connectivity index (χ1) is 12.5. The normalized spacial score (nSPS) is 10.6. The van der Waals surface area contributed by atoms with Crippen LogP contribution in [0.1, 0.15) is 11.1 Å². The monoisotopic (exact) mass is 425 g/mol. The van der Waals surface area contributed by atoms with Crippen LogP contribution in [-0.4, -0.2) is 0 Å². The van der Waals surface area contributed by atoms with E-state index in [0.717, 1.165) is 22.6 Å². The number of rotatable bonds is 6. The fourth-order valence-electron chi connectivity index (χ4n) is 2.34. The Hall–Kier alpha value is -1.58. The zero-order valence-electron chi connectivity index (χ0n) is 13.6. The maximum absolute atomic E-state index is 6.15. The molecular weight excluding hydrogens is 412 g/mol. The molecule has 0 amide bonds. The highest BCUT2D eigenvalue weighted by molar-refractivity contribution is 6.42. The van der Waals surface area contributed by atoms with E-state index in [9.17, 15) is 0 Å². The van der Waals surface area contributed by atoms with Crippen LogP contribution in [-0.2, 0) is 13.2 Å². The molecule has 0 heterocycles. The highest BCUT2D eigenvalue weighted by Gasteiger charge is 2.06. The van der Waals surface area contributed by atoms with Crippen molar-refractivity contribution in [3.63, 3.8) is 0 Å². The molecule has 0 aliphatic rings. The summed E-state index contributed by atoms with van der Waals surface area (Å²) in [5.74, 6) is 0.749. The van der Waals surface area contributed by atoms with E-state index >= 15 is 0 Å². The Balaban J connectivity index is 1.57. The maximum Gasteiger partial charge on any atom is 0.119 e. The van der Waals surface area contributed by atoms with E-state index in [2.05, 4.69) is 5.32 Å². The molecule has 0 atom stereocenters. The Morgan fingerprint density at radius 3 is 2.08 bits per heavy atom. The second-order valence-electron chi connectivity index (χ2n) is 5.62. The van der Waals surface area contributed by atoms with Crippen LogP contribution < -0.4 is 10.1 Å². The topological polar surface area (TPSA) is 21.3 Å². The minimum atomic E-state index is 0.319. The summed E-state index contributed by atoms with van der Waals surface area (Å²) in [6, 6.07) is 18.7. The van der Waals surface area contributed by atoms with Crippen molar-refractivity contribution in [1.82, 2.24) is 0 Å². The molecule has 0 saturated carbocycles. The Morgan fingerprint density at radius 2 is 1.42 bits per heavy atom. The molecule has 1 N–H and O–H groups in total. The van der Waals surface area contributed by atoms with Gasteiger partial charge in [-0.05, 0) is 48.0 Å². The van der Waals surface area contributed by atoms with Crippen LogP contribution >= 0.6 is 46.4 Å². The van der Waals surface area contributed by atoms with Gasteiger partial charge in [0, 0.05) is 27.8 Å². The summed E-state index contributed by atoms with van der Waals surface area (Å²) in [6.07, 6.45) is 0. The van der Waals surface area contributed by atoms with Crippen molar-refractivity contribution in [3.05, 3.63) is 91.9 Å². The number of hydrogen-bond acceptors (Lipinski definition) is 2. The first-order valence-electron chi connectivity index (χ1n) is 7.86. The van der Waals surface area contributed by atoms with Crippen molar-refractivity contribution in [2.45, 2.75) is 13.2 Å². The average molecular weight is 427 g/mol. The van der Waals surface area contributed by atoms with Crippen LogP contribution in [0.25, 0.3) is 0 Å². The molecule has 3 aromatic rings. The molecule has 134 valence electrons. The summed E-state index contributed by atoms with van der Waals surface area (Å²) in [5.41, 5.74) is 2.80. The fourth-order valence-corrected chi connectivity index (χ4v) is 3.14. The maximum atomic E-state index is 6.15. The van der Waals surface area contributed by atoms with Gasteiger partial charge in [-0.15, -0.1) is 0 Å². The highest BCUT2D eigenvalue weighted by Crippen LogP contribution is 2.27. The Kier molecular flexibility index (Phi) is 6.55. The fraction of sp³-hybridized carbons (Fsp3) is 0.100. The Labute approximate surface area is 172 Å². The summed E-state index contributed by atoms with van der Waals surface area (Å²) in [7, 11) is 0. The van der Waals surface area contributed by atoms with Gasteiger partial charge in [0.25, 0.3) is 0 Å². The molecule has 6 heteroatoms. The standard InChI is InChI=1S/C20H15Cl4NO/c21-17-2-1-3-18(22)16(17)12-26-15-7-4-13(5-8-15)11-25-14-6-9-19(23)20(24)10-14/h1-10,25H,11-12H2. The van der Waals surface area contributed by atoms with Crippen LogP contribution in [0.15, 0.2) is 60.7 Å². The quantitative estimate of drug-likeness (QED) is 0.440. The molecule has 0 radical (unpaired) electrons. The predicted molar refractivity (Wildman–Crippen MR) is 111 cm³/mol. The van der Waals surface area contributed by atoms with E-state index in [1.165, 1.54) is 0 Å². The van der Waals surface area contributed by atoms with Crippen LogP contribution in [0.3, 0.4) is 0 Å². The van der Waals surface area contributed by atoms with Crippen LogP contribution in [0, 0.1) is 0 Å². The van der Waals surface area contributed by atoms with Gasteiger partial charge in [-0.2, -0.15) is 0 Å². The van der Waals surface area contributed by atoms with Gasteiger partial charge in [-0.3, -0.25) is 0 Å². The summed E-state index contributed by atoms with van der Waals surface area (Å²) < 4.78 is 5.78. The predicted octanol–water partition coefficient (Wildman–Crippen LogP) is 7.49. The zero-order chi connectivity index (χ0) is 18.5. The molecule has 26 heavy (non-hydrogen) atoms. The van der Waals surface area contributed by atoms with Crippen molar-refractivity contribution >= 4 is 52.1 Å².